The summed E-state index contributed by atoms with van der Waals surface area (Å²) in [6.45, 7) is 5.79. The third-order valence-corrected chi connectivity index (χ3v) is 4.57. The Labute approximate surface area is 161 Å². The van der Waals surface area contributed by atoms with Crippen molar-refractivity contribution in [3.05, 3.63) is 23.9 Å². The van der Waals surface area contributed by atoms with E-state index in [1.165, 1.54) is 4.90 Å². The number of nitrogens with two attached hydrogens (primary N) is 1. The number of anilines is 1. The molecular formula is C18H25F3N4O3. The van der Waals surface area contributed by atoms with Crippen molar-refractivity contribution in [2.75, 3.05) is 25.0 Å². The van der Waals surface area contributed by atoms with Crippen molar-refractivity contribution in [1.82, 2.24) is 9.88 Å². The SMILES string of the molecule is CC(C)(C)OC(=O)N1CCC(CN)(C(=O)Nc2cc(C(F)(F)F)ccn2)CC1. The summed E-state index contributed by atoms with van der Waals surface area (Å²) in [5, 5.41) is 2.43. The average molecular weight is 402 g/mol. The molecule has 0 saturated carbocycles. The lowest BCUT2D eigenvalue weighted by atomic mass is 9.77. The largest absolute Gasteiger partial charge is 0.444 e. The van der Waals surface area contributed by atoms with Gasteiger partial charge in [-0.15, -0.1) is 0 Å². The molecule has 0 spiro atoms. The number of hydrogen-bond acceptors (Lipinski definition) is 5. The second-order valence-corrected chi connectivity index (χ2v) is 7.83. The highest BCUT2D eigenvalue weighted by atomic mass is 19.4. The van der Waals surface area contributed by atoms with Crippen molar-refractivity contribution in [3.63, 3.8) is 0 Å². The number of nitrogens with zero attached hydrogens (tertiary/aromatic N) is 2. The Hall–Kier alpha value is -2.36. The molecule has 1 aliphatic heterocycles. The molecule has 0 aromatic carbocycles. The molecule has 156 valence electrons. The van der Waals surface area contributed by atoms with Crippen LogP contribution < -0.4 is 11.1 Å². The van der Waals surface area contributed by atoms with Gasteiger partial charge in [-0.3, -0.25) is 4.79 Å². The van der Waals surface area contributed by atoms with Crippen molar-refractivity contribution in [2.45, 2.75) is 45.4 Å². The molecule has 1 aliphatic rings. The number of piperidine rings is 1. The van der Waals surface area contributed by atoms with E-state index in [-0.39, 0.29) is 38.3 Å². The molecule has 1 saturated heterocycles. The Morgan fingerprint density at radius 1 is 1.29 bits per heavy atom. The zero-order valence-electron chi connectivity index (χ0n) is 16.1. The van der Waals surface area contributed by atoms with Gasteiger partial charge in [-0.25, -0.2) is 9.78 Å². The maximum atomic E-state index is 12.8. The van der Waals surface area contributed by atoms with E-state index in [0.29, 0.717) is 0 Å². The van der Waals surface area contributed by atoms with Crippen LogP contribution in [0, 0.1) is 5.41 Å². The number of nitrogens with one attached hydrogen (secondary N) is 1. The molecule has 0 unspecified atom stereocenters. The molecule has 1 fully saturated rings. The number of halogens is 3. The van der Waals surface area contributed by atoms with E-state index in [4.69, 9.17) is 10.5 Å². The van der Waals surface area contributed by atoms with E-state index < -0.39 is 34.8 Å². The van der Waals surface area contributed by atoms with Gasteiger partial charge in [0.15, 0.2) is 0 Å². The minimum absolute atomic E-state index is 0.0000463. The Morgan fingerprint density at radius 3 is 2.39 bits per heavy atom. The third kappa shape index (κ3) is 5.34. The van der Waals surface area contributed by atoms with E-state index in [1.54, 1.807) is 20.8 Å². The summed E-state index contributed by atoms with van der Waals surface area (Å²) < 4.78 is 43.8. The van der Waals surface area contributed by atoms with Crippen LogP contribution in [0.1, 0.15) is 39.2 Å². The predicted octanol–water partition coefficient (Wildman–Crippen LogP) is 3.01. The van der Waals surface area contributed by atoms with Gasteiger partial charge >= 0.3 is 12.3 Å². The Kier molecular flexibility index (Phi) is 6.22. The molecule has 2 heterocycles. The van der Waals surface area contributed by atoms with E-state index in [9.17, 15) is 22.8 Å². The van der Waals surface area contributed by atoms with E-state index >= 15 is 0 Å². The van der Waals surface area contributed by atoms with Crippen molar-refractivity contribution in [3.8, 4) is 0 Å². The normalized spacial score (nSPS) is 17.2. The quantitative estimate of drug-likeness (QED) is 0.810. The number of carbonyl (C=O) groups excluding carboxylic acids is 2. The van der Waals surface area contributed by atoms with E-state index in [0.717, 1.165) is 18.3 Å². The van der Waals surface area contributed by atoms with Gasteiger partial charge in [0.05, 0.1) is 11.0 Å². The second-order valence-electron chi connectivity index (χ2n) is 7.83. The highest BCUT2D eigenvalue weighted by Gasteiger charge is 2.42. The molecule has 2 amide bonds. The molecule has 0 bridgehead atoms. The summed E-state index contributed by atoms with van der Waals surface area (Å²) in [6.07, 6.45) is -3.48. The van der Waals surface area contributed by atoms with Gasteiger partial charge < -0.3 is 20.7 Å². The minimum Gasteiger partial charge on any atom is -0.444 e. The molecule has 3 N–H and O–H groups in total. The molecule has 7 nitrogen and oxygen atoms in total. The van der Waals surface area contributed by atoms with Gasteiger partial charge in [0, 0.05) is 25.8 Å². The third-order valence-electron chi connectivity index (χ3n) is 4.57. The number of rotatable bonds is 3. The predicted molar refractivity (Wildman–Crippen MR) is 96.4 cm³/mol. The first kappa shape index (κ1) is 21.9. The second kappa shape index (κ2) is 7.94. The number of amides is 2. The highest BCUT2D eigenvalue weighted by Crippen LogP contribution is 2.34. The standard InChI is InChI=1S/C18H25F3N4O3/c1-16(2,3)28-15(27)25-8-5-17(11-22,6-9-25)14(26)24-13-10-12(4-7-23-13)18(19,20)21/h4,7,10H,5-6,8-9,11,22H2,1-3H3,(H,23,24,26). The number of alkyl halides is 3. The number of hydrogen-bond donors (Lipinski definition) is 2. The number of carbonyl (C=O) groups is 2. The van der Waals surface area contributed by atoms with E-state index in [2.05, 4.69) is 10.3 Å². The average Bonchev–Trinajstić information content (AvgIpc) is 2.59. The molecule has 0 atom stereocenters. The molecule has 1 aromatic rings. The van der Waals surface area contributed by atoms with Crippen molar-refractivity contribution in [2.24, 2.45) is 11.1 Å². The molecule has 28 heavy (non-hydrogen) atoms. The zero-order chi connectivity index (χ0) is 21.2. The molecule has 10 heteroatoms. The van der Waals surface area contributed by atoms with Crippen molar-refractivity contribution in [1.29, 1.82) is 0 Å². The molecule has 0 aliphatic carbocycles. The van der Waals surface area contributed by atoms with Crippen LogP contribution in [-0.2, 0) is 15.7 Å². The molecular weight excluding hydrogens is 377 g/mol. The summed E-state index contributed by atoms with van der Waals surface area (Å²) >= 11 is 0. The van der Waals surface area contributed by atoms with Gasteiger partial charge in [-0.1, -0.05) is 0 Å². The van der Waals surface area contributed by atoms with Crippen LogP contribution in [0.3, 0.4) is 0 Å². The van der Waals surface area contributed by atoms with Gasteiger partial charge in [-0.2, -0.15) is 13.2 Å². The molecule has 0 radical (unpaired) electrons. The van der Waals surface area contributed by atoms with E-state index in [1.807, 2.05) is 0 Å². The highest BCUT2D eigenvalue weighted by molar-refractivity contribution is 5.95. The summed E-state index contributed by atoms with van der Waals surface area (Å²) in [5.41, 5.74) is 3.29. The summed E-state index contributed by atoms with van der Waals surface area (Å²) in [7, 11) is 0. The fourth-order valence-corrected chi connectivity index (χ4v) is 2.89. The maximum absolute atomic E-state index is 12.8. The summed E-state index contributed by atoms with van der Waals surface area (Å²) in [4.78, 5) is 30.2. The lowest BCUT2D eigenvalue weighted by Crippen LogP contribution is -2.52. The van der Waals surface area contributed by atoms with Crippen molar-refractivity contribution < 1.29 is 27.5 Å². The van der Waals surface area contributed by atoms with Crippen LogP contribution >= 0.6 is 0 Å². The topological polar surface area (TPSA) is 97.5 Å². The lowest BCUT2D eigenvalue weighted by Gasteiger charge is -2.40. The van der Waals surface area contributed by atoms with Gasteiger partial charge in [0.25, 0.3) is 0 Å². The Balaban J connectivity index is 2.05. The fourth-order valence-electron chi connectivity index (χ4n) is 2.89. The van der Waals surface area contributed by atoms with Crippen molar-refractivity contribution >= 4 is 17.8 Å². The minimum atomic E-state index is -4.53. The number of aromatic nitrogens is 1. The number of ether oxygens (including phenoxy) is 1. The number of pyridine rings is 1. The fraction of sp³-hybridized carbons (Fsp3) is 0.611. The van der Waals surface area contributed by atoms with Crippen LogP contribution in [0.15, 0.2) is 18.3 Å². The molecule has 1 aromatic heterocycles. The molecule has 2 rings (SSSR count). The van der Waals surface area contributed by atoms with Gasteiger partial charge in [0.1, 0.15) is 11.4 Å². The first-order chi connectivity index (χ1) is 12.9. The summed E-state index contributed by atoms with van der Waals surface area (Å²) in [6, 6.07) is 1.60. The monoisotopic (exact) mass is 402 g/mol. The van der Waals surface area contributed by atoms with Crippen LogP contribution in [-0.4, -0.2) is 47.1 Å². The Bertz CT molecular complexity index is 724. The Morgan fingerprint density at radius 2 is 1.89 bits per heavy atom. The summed E-state index contributed by atoms with van der Waals surface area (Å²) in [5.74, 6) is -0.701. The number of likely N-dealkylation sites (tertiary alicyclic amines) is 1. The first-order valence-electron chi connectivity index (χ1n) is 8.89. The van der Waals surface area contributed by atoms with Gasteiger partial charge in [0.2, 0.25) is 5.91 Å². The maximum Gasteiger partial charge on any atom is 0.416 e. The zero-order valence-corrected chi connectivity index (χ0v) is 16.1. The first-order valence-corrected chi connectivity index (χ1v) is 8.89. The smallest absolute Gasteiger partial charge is 0.416 e. The van der Waals surface area contributed by atoms with Crippen LogP contribution in [0.25, 0.3) is 0 Å². The van der Waals surface area contributed by atoms with Gasteiger partial charge in [-0.05, 0) is 45.7 Å². The van der Waals surface area contributed by atoms with Crippen LogP contribution in [0.5, 0.6) is 0 Å². The van der Waals surface area contributed by atoms with Crippen LogP contribution in [0.2, 0.25) is 0 Å². The lowest BCUT2D eigenvalue weighted by molar-refractivity contribution is -0.137. The van der Waals surface area contributed by atoms with Crippen LogP contribution in [0.4, 0.5) is 23.8 Å².